The minimum absolute atomic E-state index is 0.00830. The van der Waals surface area contributed by atoms with Crippen LogP contribution in [0.2, 0.25) is 0 Å². The number of thiazole rings is 1. The quantitative estimate of drug-likeness (QED) is 0.375. The first-order valence-electron chi connectivity index (χ1n) is 10.2. The summed E-state index contributed by atoms with van der Waals surface area (Å²) in [5.74, 6) is 0. The van der Waals surface area contributed by atoms with Gasteiger partial charge >= 0.3 is 0 Å². The molecule has 2 heterocycles. The van der Waals surface area contributed by atoms with Crippen molar-refractivity contribution < 1.29 is 0 Å². The predicted molar refractivity (Wildman–Crippen MR) is 133 cm³/mol. The maximum Gasteiger partial charge on any atom is 0.259 e. The average Bonchev–Trinajstić information content (AvgIpc) is 3.20. The second-order valence-electron chi connectivity index (χ2n) is 7.56. The predicted octanol–water partition coefficient (Wildman–Crippen LogP) is 4.56. The smallest absolute Gasteiger partial charge is 0.259 e. The number of rotatable bonds is 5. The van der Waals surface area contributed by atoms with Crippen molar-refractivity contribution in [1.29, 1.82) is 0 Å². The molecule has 0 spiro atoms. The Bertz CT molecular complexity index is 1280. The lowest BCUT2D eigenvalue weighted by molar-refractivity contribution is 0.996. The van der Waals surface area contributed by atoms with Crippen LogP contribution in [0, 0.1) is 6.92 Å². The zero-order valence-electron chi connectivity index (χ0n) is 17.2. The summed E-state index contributed by atoms with van der Waals surface area (Å²) in [6, 6.07) is 33.8. The lowest BCUT2D eigenvalue weighted by Crippen LogP contribution is -2.33. The Morgan fingerprint density at radius 1 is 0.806 bits per heavy atom. The summed E-state index contributed by atoms with van der Waals surface area (Å²) >= 11 is 1.52. The van der Waals surface area contributed by atoms with Gasteiger partial charge in [-0.05, 0) is 43.3 Å². The molecule has 3 nitrogen and oxygen atoms in total. The molecule has 0 fully saturated rings. The SMILES string of the molecule is Cc1csc2nc(C[P+](c3ccccc3)(c3ccccc3)c3ccccc3)cc(=O)n12. The molecule has 3 aromatic carbocycles. The summed E-state index contributed by atoms with van der Waals surface area (Å²) in [5.41, 5.74) is 1.77. The normalized spacial score (nSPS) is 11.6. The van der Waals surface area contributed by atoms with E-state index >= 15 is 0 Å². The Morgan fingerprint density at radius 2 is 1.29 bits per heavy atom. The van der Waals surface area contributed by atoms with Gasteiger partial charge in [-0.25, -0.2) is 4.98 Å². The first-order valence-corrected chi connectivity index (χ1v) is 13.1. The van der Waals surface area contributed by atoms with E-state index in [2.05, 4.69) is 91.0 Å². The molecule has 0 aliphatic carbocycles. The first kappa shape index (κ1) is 19.9. The van der Waals surface area contributed by atoms with Crippen LogP contribution in [-0.2, 0) is 6.16 Å². The molecule has 5 heteroatoms. The van der Waals surface area contributed by atoms with Crippen LogP contribution in [-0.4, -0.2) is 9.38 Å². The van der Waals surface area contributed by atoms with Crippen molar-refractivity contribution >= 4 is 39.5 Å². The summed E-state index contributed by atoms with van der Waals surface area (Å²) in [4.78, 5) is 18.6. The highest BCUT2D eigenvalue weighted by atomic mass is 32.1. The number of nitrogens with zero attached hydrogens (tertiary/aromatic N) is 2. The fraction of sp³-hybridized carbons (Fsp3) is 0.0769. The molecule has 5 rings (SSSR count). The Balaban J connectivity index is 1.79. The highest BCUT2D eigenvalue weighted by molar-refractivity contribution is 7.95. The van der Waals surface area contributed by atoms with Gasteiger partial charge in [-0.3, -0.25) is 9.20 Å². The molecule has 31 heavy (non-hydrogen) atoms. The molecule has 0 saturated carbocycles. The molecule has 0 aliphatic rings. The third-order valence-corrected chi connectivity index (χ3v) is 10.9. The van der Waals surface area contributed by atoms with E-state index in [9.17, 15) is 4.79 Å². The average molecular weight is 442 g/mol. The van der Waals surface area contributed by atoms with E-state index in [1.54, 1.807) is 10.5 Å². The van der Waals surface area contributed by atoms with Crippen LogP contribution in [0.5, 0.6) is 0 Å². The van der Waals surface area contributed by atoms with E-state index in [0.29, 0.717) is 6.16 Å². The lowest BCUT2D eigenvalue weighted by atomic mass is 10.3. The standard InChI is InChI=1S/C26H22N2OPS/c1-20-19-31-26-27-21(17-25(29)28(20)26)18-30(22-11-5-2-6-12-22,23-13-7-3-8-14-23)24-15-9-4-10-16-24/h2-17,19H,18H2,1H3/q+1. The molecular formula is C26H22N2OPS+. The van der Waals surface area contributed by atoms with Crippen LogP contribution in [0.3, 0.4) is 0 Å². The summed E-state index contributed by atoms with van der Waals surface area (Å²) in [6.07, 6.45) is 0.702. The molecule has 5 aromatic rings. The Hall–Kier alpha value is -3.07. The molecular weight excluding hydrogens is 419 g/mol. The van der Waals surface area contributed by atoms with Crippen molar-refractivity contribution in [2.75, 3.05) is 0 Å². The lowest BCUT2D eigenvalue weighted by Gasteiger charge is -2.27. The Kier molecular flexibility index (Phi) is 5.27. The first-order chi connectivity index (χ1) is 15.2. The number of hydrogen-bond acceptors (Lipinski definition) is 3. The number of fused-ring (bicyclic) bond motifs is 1. The molecule has 2 aromatic heterocycles. The molecule has 0 atom stereocenters. The molecule has 0 unspecified atom stereocenters. The monoisotopic (exact) mass is 441 g/mol. The van der Waals surface area contributed by atoms with Gasteiger partial charge in [-0.2, -0.15) is 0 Å². The maximum atomic E-state index is 12.9. The largest absolute Gasteiger partial charge is 0.269 e. The van der Waals surface area contributed by atoms with Crippen molar-refractivity contribution in [1.82, 2.24) is 9.38 Å². The topological polar surface area (TPSA) is 34.4 Å². The van der Waals surface area contributed by atoms with Gasteiger partial charge in [-0.1, -0.05) is 54.6 Å². The van der Waals surface area contributed by atoms with Gasteiger partial charge in [0.15, 0.2) is 4.96 Å². The van der Waals surface area contributed by atoms with Gasteiger partial charge in [0.1, 0.15) is 29.3 Å². The minimum atomic E-state index is -2.07. The zero-order valence-corrected chi connectivity index (χ0v) is 18.9. The van der Waals surface area contributed by atoms with Gasteiger partial charge in [0, 0.05) is 17.1 Å². The van der Waals surface area contributed by atoms with Crippen LogP contribution in [0.4, 0.5) is 0 Å². The van der Waals surface area contributed by atoms with Crippen LogP contribution < -0.4 is 21.5 Å². The zero-order chi connectivity index (χ0) is 21.3. The van der Waals surface area contributed by atoms with Crippen LogP contribution >= 0.6 is 18.6 Å². The molecule has 0 amide bonds. The van der Waals surface area contributed by atoms with E-state index in [4.69, 9.17) is 4.98 Å². The van der Waals surface area contributed by atoms with Gasteiger partial charge < -0.3 is 0 Å². The van der Waals surface area contributed by atoms with E-state index in [-0.39, 0.29) is 5.56 Å². The molecule has 0 saturated heterocycles. The van der Waals surface area contributed by atoms with E-state index in [1.807, 2.05) is 12.3 Å². The molecule has 152 valence electrons. The molecule has 0 N–H and O–H groups in total. The third kappa shape index (κ3) is 3.52. The van der Waals surface area contributed by atoms with Gasteiger partial charge in [0.2, 0.25) is 0 Å². The molecule has 0 aliphatic heterocycles. The summed E-state index contributed by atoms with van der Waals surface area (Å²) in [7, 11) is -2.07. The van der Waals surface area contributed by atoms with Crippen molar-refractivity contribution in [2.45, 2.75) is 13.1 Å². The number of hydrogen-bond donors (Lipinski definition) is 0. The summed E-state index contributed by atoms with van der Waals surface area (Å²) in [5, 5.41) is 5.85. The van der Waals surface area contributed by atoms with Crippen molar-refractivity contribution in [2.24, 2.45) is 0 Å². The number of aromatic nitrogens is 2. The van der Waals surface area contributed by atoms with E-state index < -0.39 is 7.26 Å². The summed E-state index contributed by atoms with van der Waals surface area (Å²) < 4.78 is 1.70. The van der Waals surface area contributed by atoms with Crippen LogP contribution in [0.25, 0.3) is 4.96 Å². The Labute approximate surface area is 186 Å². The third-order valence-electron chi connectivity index (χ3n) is 5.62. The Morgan fingerprint density at radius 3 is 1.77 bits per heavy atom. The van der Waals surface area contributed by atoms with E-state index in [1.165, 1.54) is 27.3 Å². The molecule has 0 radical (unpaired) electrons. The fourth-order valence-corrected chi connectivity index (χ4v) is 9.22. The maximum absolute atomic E-state index is 12.9. The number of benzene rings is 3. The van der Waals surface area contributed by atoms with Crippen molar-refractivity contribution in [3.05, 3.63) is 124 Å². The summed E-state index contributed by atoms with van der Waals surface area (Å²) in [6.45, 7) is 1.95. The second-order valence-corrected chi connectivity index (χ2v) is 11.9. The molecule has 0 bridgehead atoms. The van der Waals surface area contributed by atoms with Crippen molar-refractivity contribution in [3.8, 4) is 0 Å². The van der Waals surface area contributed by atoms with Crippen LogP contribution in [0.15, 0.2) is 107 Å². The van der Waals surface area contributed by atoms with Gasteiger partial charge in [0.25, 0.3) is 5.56 Å². The highest BCUT2D eigenvalue weighted by Crippen LogP contribution is 2.57. The van der Waals surface area contributed by atoms with Crippen molar-refractivity contribution in [3.63, 3.8) is 0 Å². The van der Waals surface area contributed by atoms with E-state index in [0.717, 1.165) is 16.3 Å². The fourth-order valence-electron chi connectivity index (χ4n) is 4.19. The van der Waals surface area contributed by atoms with Gasteiger partial charge in [-0.15, -0.1) is 11.3 Å². The second kappa shape index (κ2) is 8.22. The van der Waals surface area contributed by atoms with Gasteiger partial charge in [0.05, 0.1) is 5.69 Å². The number of aryl methyl sites for hydroxylation is 1. The minimum Gasteiger partial charge on any atom is -0.269 e. The van der Waals surface area contributed by atoms with Crippen LogP contribution in [0.1, 0.15) is 11.4 Å². The highest BCUT2D eigenvalue weighted by Gasteiger charge is 2.46.